The Labute approximate surface area is 186 Å². The van der Waals surface area contributed by atoms with Crippen LogP contribution in [-0.4, -0.2) is 14.3 Å². The third-order valence-electron chi connectivity index (χ3n) is 5.15. The van der Waals surface area contributed by atoms with E-state index in [9.17, 15) is 13.2 Å². The molecule has 1 heterocycles. The molecule has 0 bridgehead atoms. The summed E-state index contributed by atoms with van der Waals surface area (Å²) in [6, 6.07) is 15.0. The van der Waals surface area contributed by atoms with Crippen LogP contribution in [0.15, 0.2) is 71.5 Å². The molecule has 8 heteroatoms. The number of nitrogens with one attached hydrogen (secondary N) is 3. The lowest BCUT2D eigenvalue weighted by Crippen LogP contribution is -2.36. The maximum atomic E-state index is 12.6. The first kappa shape index (κ1) is 21.1. The summed E-state index contributed by atoms with van der Waals surface area (Å²) in [6.07, 6.45) is 4.26. The topological polar surface area (TPSA) is 87.3 Å². The maximum absolute atomic E-state index is 12.6. The molecule has 1 aromatic heterocycles. The summed E-state index contributed by atoms with van der Waals surface area (Å²) in [4.78, 5) is 14.1. The average molecular weight is 454 g/mol. The van der Waals surface area contributed by atoms with Crippen LogP contribution in [0.25, 0.3) is 5.70 Å². The zero-order chi connectivity index (χ0) is 21.8. The van der Waals surface area contributed by atoms with Gasteiger partial charge in [0.1, 0.15) is 0 Å². The highest BCUT2D eigenvalue weighted by atomic mass is 32.2. The van der Waals surface area contributed by atoms with Crippen molar-refractivity contribution in [1.29, 1.82) is 0 Å². The van der Waals surface area contributed by atoms with Gasteiger partial charge in [0.2, 0.25) is 0 Å². The smallest absolute Gasteiger partial charge is 0.270 e. The molecule has 1 aliphatic carbocycles. The van der Waals surface area contributed by atoms with E-state index in [0.717, 1.165) is 24.8 Å². The van der Waals surface area contributed by atoms with Gasteiger partial charge < -0.3 is 0 Å². The fourth-order valence-corrected chi connectivity index (χ4v) is 5.74. The molecule has 31 heavy (non-hydrogen) atoms. The lowest BCUT2D eigenvalue weighted by molar-refractivity contribution is 0.0942. The molecule has 0 aliphatic heterocycles. The zero-order valence-corrected chi connectivity index (χ0v) is 18.5. The van der Waals surface area contributed by atoms with Gasteiger partial charge >= 0.3 is 0 Å². The van der Waals surface area contributed by atoms with Crippen LogP contribution < -0.4 is 15.6 Å². The van der Waals surface area contributed by atoms with Gasteiger partial charge in [0, 0.05) is 21.5 Å². The number of rotatable bonds is 7. The molecule has 1 amide bonds. The monoisotopic (exact) mass is 453 g/mol. The highest BCUT2D eigenvalue weighted by Crippen LogP contribution is 2.30. The Morgan fingerprint density at radius 2 is 1.74 bits per heavy atom. The summed E-state index contributed by atoms with van der Waals surface area (Å²) in [6.45, 7) is 3.96. The largest absolute Gasteiger partial charge is 0.298 e. The van der Waals surface area contributed by atoms with Crippen molar-refractivity contribution < 1.29 is 13.2 Å². The molecule has 0 saturated carbocycles. The van der Waals surface area contributed by atoms with Crippen molar-refractivity contribution >= 4 is 38.7 Å². The lowest BCUT2D eigenvalue weighted by atomic mass is 9.96. The van der Waals surface area contributed by atoms with E-state index in [1.54, 1.807) is 53.8 Å². The first-order valence-corrected chi connectivity index (χ1v) is 12.3. The van der Waals surface area contributed by atoms with Gasteiger partial charge in [-0.2, -0.15) is 0 Å². The highest BCUT2D eigenvalue weighted by Gasteiger charge is 2.20. The molecule has 6 nitrogen and oxygen atoms in total. The molecule has 3 aromatic rings. The van der Waals surface area contributed by atoms with E-state index in [1.807, 2.05) is 5.38 Å². The number of thiophene rings is 1. The Hall–Kier alpha value is -3.10. The van der Waals surface area contributed by atoms with Gasteiger partial charge in [0.15, 0.2) is 0 Å². The molecule has 0 radical (unpaired) electrons. The number of aryl methyl sites for hydroxylation is 1. The van der Waals surface area contributed by atoms with Gasteiger partial charge in [-0.05, 0) is 55.5 Å². The average Bonchev–Trinajstić information content (AvgIpc) is 3.22. The van der Waals surface area contributed by atoms with Crippen molar-refractivity contribution in [2.75, 3.05) is 4.72 Å². The van der Waals surface area contributed by atoms with Crippen LogP contribution in [-0.2, 0) is 22.9 Å². The molecule has 1 aliphatic rings. The Bertz CT molecular complexity index is 1220. The molecule has 0 spiro atoms. The van der Waals surface area contributed by atoms with Gasteiger partial charge in [-0.1, -0.05) is 36.9 Å². The first-order chi connectivity index (χ1) is 14.9. The number of hydrogen-bond acceptors (Lipinski definition) is 5. The molecule has 0 unspecified atom stereocenters. The Morgan fingerprint density at radius 1 is 0.968 bits per heavy atom. The van der Waals surface area contributed by atoms with Crippen LogP contribution in [0.4, 0.5) is 5.69 Å². The number of hydrazine groups is 1. The molecule has 160 valence electrons. The normalized spacial score (nSPS) is 13.2. The van der Waals surface area contributed by atoms with Gasteiger partial charge in [0.05, 0.1) is 16.2 Å². The van der Waals surface area contributed by atoms with Crippen molar-refractivity contribution in [3.63, 3.8) is 0 Å². The zero-order valence-electron chi connectivity index (χ0n) is 16.9. The molecule has 0 atom stereocenters. The van der Waals surface area contributed by atoms with Crippen LogP contribution in [0.2, 0.25) is 0 Å². The highest BCUT2D eigenvalue weighted by molar-refractivity contribution is 7.92. The molecule has 2 aromatic carbocycles. The lowest BCUT2D eigenvalue weighted by Gasteiger charge is -2.15. The molecule has 3 N–H and O–H groups in total. The van der Waals surface area contributed by atoms with E-state index in [0.29, 0.717) is 22.5 Å². The van der Waals surface area contributed by atoms with E-state index in [1.165, 1.54) is 23.4 Å². The standard InChI is InChI=1S/C23H23N3O3S2/c1-16(24-25-23(27)21-15-30-22-13-6-5-12-20(21)22)17-8-7-9-18(14-17)26-31(28,29)19-10-3-2-4-11-19/h2-4,7-11,14-15,24,26H,1,5-6,12-13H2,(H,25,27). The quantitative estimate of drug-likeness (QED) is 0.465. The summed E-state index contributed by atoms with van der Waals surface area (Å²) >= 11 is 1.64. The summed E-state index contributed by atoms with van der Waals surface area (Å²) in [5, 5.41) is 1.91. The van der Waals surface area contributed by atoms with E-state index in [2.05, 4.69) is 22.2 Å². The van der Waals surface area contributed by atoms with Crippen LogP contribution in [0.5, 0.6) is 0 Å². The van der Waals surface area contributed by atoms with Crippen molar-refractivity contribution in [2.24, 2.45) is 0 Å². The summed E-state index contributed by atoms with van der Waals surface area (Å²) in [7, 11) is -3.69. The van der Waals surface area contributed by atoms with E-state index in [4.69, 9.17) is 0 Å². The summed E-state index contributed by atoms with van der Waals surface area (Å²) in [5.74, 6) is -0.193. The van der Waals surface area contributed by atoms with Crippen molar-refractivity contribution in [3.05, 3.63) is 88.1 Å². The molecular formula is C23H23N3O3S2. The van der Waals surface area contributed by atoms with Crippen molar-refractivity contribution in [2.45, 2.75) is 30.6 Å². The Balaban J connectivity index is 1.41. The number of sulfonamides is 1. The van der Waals surface area contributed by atoms with Crippen LogP contribution >= 0.6 is 11.3 Å². The maximum Gasteiger partial charge on any atom is 0.270 e. The van der Waals surface area contributed by atoms with Gasteiger partial charge in [-0.3, -0.25) is 20.4 Å². The molecule has 0 saturated heterocycles. The second-order valence-electron chi connectivity index (χ2n) is 7.32. The fourth-order valence-electron chi connectivity index (χ4n) is 3.54. The van der Waals surface area contributed by atoms with Crippen LogP contribution in [0.3, 0.4) is 0 Å². The minimum Gasteiger partial charge on any atom is -0.298 e. The van der Waals surface area contributed by atoms with E-state index >= 15 is 0 Å². The minimum atomic E-state index is -3.69. The van der Waals surface area contributed by atoms with Crippen LogP contribution in [0, 0.1) is 0 Å². The first-order valence-electron chi connectivity index (χ1n) is 9.97. The number of benzene rings is 2. The Kier molecular flexibility index (Phi) is 6.11. The van der Waals surface area contributed by atoms with Crippen LogP contribution in [0.1, 0.15) is 39.2 Å². The summed E-state index contributed by atoms with van der Waals surface area (Å²) < 4.78 is 27.7. The number of carbonyl (C=O) groups excluding carboxylic acids is 1. The second-order valence-corrected chi connectivity index (χ2v) is 9.96. The molecule has 0 fully saturated rings. The SMILES string of the molecule is C=C(NNC(=O)c1csc2c1CCCC2)c1cccc(NS(=O)(=O)c2ccccc2)c1. The number of fused-ring (bicyclic) bond motifs is 1. The van der Waals surface area contributed by atoms with Gasteiger partial charge in [0.25, 0.3) is 15.9 Å². The van der Waals surface area contributed by atoms with Gasteiger partial charge in [-0.25, -0.2) is 8.42 Å². The molecule has 4 rings (SSSR count). The minimum absolute atomic E-state index is 0.184. The number of hydrogen-bond donors (Lipinski definition) is 3. The van der Waals surface area contributed by atoms with E-state index in [-0.39, 0.29) is 10.8 Å². The number of anilines is 1. The Morgan fingerprint density at radius 3 is 2.55 bits per heavy atom. The second kappa shape index (κ2) is 8.95. The number of amides is 1. The predicted molar refractivity (Wildman–Crippen MR) is 124 cm³/mol. The third-order valence-corrected chi connectivity index (χ3v) is 7.64. The molecular weight excluding hydrogens is 430 g/mol. The van der Waals surface area contributed by atoms with Gasteiger partial charge in [-0.15, -0.1) is 11.3 Å². The predicted octanol–water partition coefficient (Wildman–Crippen LogP) is 4.33. The summed E-state index contributed by atoms with van der Waals surface area (Å²) in [5.41, 5.74) is 8.93. The van der Waals surface area contributed by atoms with Crippen molar-refractivity contribution in [1.82, 2.24) is 10.9 Å². The number of carbonyl (C=O) groups is 1. The fraction of sp³-hybridized carbons (Fsp3) is 0.174. The van der Waals surface area contributed by atoms with Crippen molar-refractivity contribution in [3.8, 4) is 0 Å². The third kappa shape index (κ3) is 4.81. The van der Waals surface area contributed by atoms with E-state index < -0.39 is 10.0 Å².